The average Bonchev–Trinajstić information content (AvgIpc) is 2.66. The van der Waals surface area contributed by atoms with E-state index in [1.54, 1.807) is 0 Å². The number of nitrogens with one attached hydrogen (secondary N) is 1. The van der Waals surface area contributed by atoms with E-state index in [-0.39, 0.29) is 11.1 Å². The zero-order chi connectivity index (χ0) is 22.8. The van der Waals surface area contributed by atoms with Crippen molar-refractivity contribution >= 4 is 11.6 Å². The van der Waals surface area contributed by atoms with Gasteiger partial charge in [0.2, 0.25) is 5.95 Å². The van der Waals surface area contributed by atoms with Crippen LogP contribution < -0.4 is 15.1 Å². The lowest BCUT2D eigenvalue weighted by Gasteiger charge is -2.49. The quantitative estimate of drug-likeness (QED) is 0.727. The first kappa shape index (κ1) is 23.5. The maximum Gasteiger partial charge on any atom is 0.224 e. The molecule has 31 heavy (non-hydrogen) atoms. The Kier molecular flexibility index (Phi) is 6.92. The Labute approximate surface area is 188 Å². The van der Waals surface area contributed by atoms with E-state index >= 15 is 0 Å². The van der Waals surface area contributed by atoms with Gasteiger partial charge in [-0.15, -0.1) is 0 Å². The molecule has 1 aromatic heterocycles. The molecular formula is C25H40N6. The van der Waals surface area contributed by atoms with Crippen LogP contribution in [0.3, 0.4) is 0 Å². The third-order valence-corrected chi connectivity index (χ3v) is 6.00. The van der Waals surface area contributed by atoms with Crippen molar-refractivity contribution < 1.29 is 0 Å². The Morgan fingerprint density at radius 2 is 1.32 bits per heavy atom. The van der Waals surface area contributed by atoms with Gasteiger partial charge in [-0.25, -0.2) is 9.97 Å². The molecular weight excluding hydrogens is 384 g/mol. The Balaban J connectivity index is 1.85. The van der Waals surface area contributed by atoms with E-state index in [1.807, 2.05) is 31.4 Å². The summed E-state index contributed by atoms with van der Waals surface area (Å²) in [6.07, 6.45) is 6.18. The minimum atomic E-state index is 0.102. The monoisotopic (exact) mass is 424 g/mol. The van der Waals surface area contributed by atoms with Gasteiger partial charge in [-0.1, -0.05) is 12.1 Å². The predicted molar refractivity (Wildman–Crippen MR) is 131 cm³/mol. The van der Waals surface area contributed by atoms with Crippen LogP contribution in [0.25, 0.3) is 0 Å². The molecule has 0 aliphatic carbocycles. The van der Waals surface area contributed by atoms with Gasteiger partial charge in [0, 0.05) is 82.0 Å². The molecule has 1 N–H and O–H groups in total. The second kappa shape index (κ2) is 9.13. The first-order chi connectivity index (χ1) is 14.4. The van der Waals surface area contributed by atoms with E-state index in [2.05, 4.69) is 91.1 Å². The number of hydrogen-bond donors (Lipinski definition) is 1. The highest BCUT2D eigenvalue weighted by Crippen LogP contribution is 2.33. The van der Waals surface area contributed by atoms with Crippen LogP contribution in [0, 0.1) is 0 Å². The van der Waals surface area contributed by atoms with Gasteiger partial charge in [-0.3, -0.25) is 4.90 Å². The molecule has 0 atom stereocenters. The summed E-state index contributed by atoms with van der Waals surface area (Å²) in [7, 11) is 8.10. The van der Waals surface area contributed by atoms with Gasteiger partial charge in [0.1, 0.15) is 0 Å². The maximum absolute atomic E-state index is 4.54. The van der Waals surface area contributed by atoms with Gasteiger partial charge in [0.15, 0.2) is 0 Å². The molecule has 0 bridgehead atoms. The largest absolute Gasteiger partial charge is 0.378 e. The van der Waals surface area contributed by atoms with E-state index in [0.717, 1.165) is 37.4 Å². The zero-order valence-corrected chi connectivity index (χ0v) is 20.6. The maximum atomic E-state index is 4.54. The standard InChI is InChI=1S/C25H40N6/c1-24(2)13-22(14-25(3,4)28-24)31(17-19-9-11-21(12-10-19)29(5)6)18-20-15-26-23(27-16-20)30(7)8/h9-12,15-16,22,28H,13-14,17-18H2,1-8H3. The van der Waals surface area contributed by atoms with Crippen molar-refractivity contribution in [2.24, 2.45) is 0 Å². The molecule has 0 radical (unpaired) electrons. The smallest absolute Gasteiger partial charge is 0.224 e. The summed E-state index contributed by atoms with van der Waals surface area (Å²) < 4.78 is 0. The normalized spacial score (nSPS) is 18.2. The van der Waals surface area contributed by atoms with Gasteiger partial charge in [0.05, 0.1) is 0 Å². The van der Waals surface area contributed by atoms with Crippen molar-refractivity contribution in [1.29, 1.82) is 0 Å². The lowest BCUT2D eigenvalue weighted by Crippen LogP contribution is -2.62. The van der Waals surface area contributed by atoms with E-state index in [1.165, 1.54) is 11.3 Å². The minimum absolute atomic E-state index is 0.102. The van der Waals surface area contributed by atoms with E-state index in [0.29, 0.717) is 6.04 Å². The van der Waals surface area contributed by atoms with Gasteiger partial charge >= 0.3 is 0 Å². The topological polar surface area (TPSA) is 47.5 Å². The number of aromatic nitrogens is 2. The van der Waals surface area contributed by atoms with Crippen LogP contribution in [-0.2, 0) is 13.1 Å². The molecule has 170 valence electrons. The molecule has 0 unspecified atom stereocenters. The van der Waals surface area contributed by atoms with Crippen LogP contribution in [0.2, 0.25) is 0 Å². The molecule has 1 aliphatic rings. The number of rotatable bonds is 7. The van der Waals surface area contributed by atoms with Crippen molar-refractivity contribution in [1.82, 2.24) is 20.2 Å². The third kappa shape index (κ3) is 6.40. The molecule has 1 saturated heterocycles. The SMILES string of the molecule is CN(C)c1ccc(CN(Cc2cnc(N(C)C)nc2)C2CC(C)(C)NC(C)(C)C2)cc1. The van der Waals surface area contributed by atoms with Crippen molar-refractivity contribution in [2.45, 2.75) is 70.7 Å². The average molecular weight is 425 g/mol. The van der Waals surface area contributed by atoms with Crippen LogP contribution in [0.1, 0.15) is 51.7 Å². The number of hydrogen-bond acceptors (Lipinski definition) is 6. The fraction of sp³-hybridized carbons (Fsp3) is 0.600. The molecule has 1 fully saturated rings. The minimum Gasteiger partial charge on any atom is -0.378 e. The Morgan fingerprint density at radius 1 is 0.806 bits per heavy atom. The summed E-state index contributed by atoms with van der Waals surface area (Å²) in [5, 5.41) is 3.82. The summed E-state index contributed by atoms with van der Waals surface area (Å²) in [5.74, 6) is 0.749. The summed E-state index contributed by atoms with van der Waals surface area (Å²) in [5.41, 5.74) is 3.93. The predicted octanol–water partition coefficient (Wildman–Crippen LogP) is 3.92. The highest BCUT2D eigenvalue weighted by atomic mass is 15.2. The highest BCUT2D eigenvalue weighted by Gasteiger charge is 2.39. The number of benzene rings is 1. The molecule has 3 rings (SSSR count). The van der Waals surface area contributed by atoms with Crippen LogP contribution >= 0.6 is 0 Å². The molecule has 0 amide bonds. The Bertz CT molecular complexity index is 770. The second-order valence-electron chi connectivity index (χ2n) is 10.7. The molecule has 1 aromatic carbocycles. The lowest BCUT2D eigenvalue weighted by molar-refractivity contribution is 0.0562. The molecule has 0 saturated carbocycles. The van der Waals surface area contributed by atoms with Crippen LogP contribution in [-0.4, -0.2) is 60.2 Å². The first-order valence-corrected chi connectivity index (χ1v) is 11.2. The van der Waals surface area contributed by atoms with Gasteiger partial charge < -0.3 is 15.1 Å². The van der Waals surface area contributed by atoms with Crippen LogP contribution in [0.5, 0.6) is 0 Å². The van der Waals surface area contributed by atoms with E-state index in [9.17, 15) is 0 Å². The number of piperidine rings is 1. The lowest BCUT2D eigenvalue weighted by atomic mass is 9.79. The summed E-state index contributed by atoms with van der Waals surface area (Å²) in [4.78, 5) is 15.8. The van der Waals surface area contributed by atoms with E-state index in [4.69, 9.17) is 0 Å². The Morgan fingerprint density at radius 3 is 1.81 bits per heavy atom. The summed E-state index contributed by atoms with van der Waals surface area (Å²) in [6.45, 7) is 11.0. The van der Waals surface area contributed by atoms with Gasteiger partial charge in [-0.2, -0.15) is 0 Å². The highest BCUT2D eigenvalue weighted by molar-refractivity contribution is 5.46. The van der Waals surface area contributed by atoms with Crippen molar-refractivity contribution in [2.75, 3.05) is 38.0 Å². The zero-order valence-electron chi connectivity index (χ0n) is 20.6. The fourth-order valence-corrected chi connectivity index (χ4v) is 4.87. The molecule has 6 heteroatoms. The molecule has 2 aromatic rings. The first-order valence-electron chi connectivity index (χ1n) is 11.2. The van der Waals surface area contributed by atoms with E-state index < -0.39 is 0 Å². The van der Waals surface area contributed by atoms with Gasteiger partial charge in [-0.05, 0) is 58.2 Å². The van der Waals surface area contributed by atoms with Crippen LogP contribution in [0.4, 0.5) is 11.6 Å². The van der Waals surface area contributed by atoms with Gasteiger partial charge in [0.25, 0.3) is 0 Å². The van der Waals surface area contributed by atoms with Crippen molar-refractivity contribution in [3.8, 4) is 0 Å². The van der Waals surface area contributed by atoms with Crippen LogP contribution in [0.15, 0.2) is 36.7 Å². The Hall–Kier alpha value is -2.18. The fourth-order valence-electron chi connectivity index (χ4n) is 4.87. The second-order valence-corrected chi connectivity index (χ2v) is 10.7. The third-order valence-electron chi connectivity index (χ3n) is 6.00. The molecule has 0 spiro atoms. The summed E-state index contributed by atoms with van der Waals surface area (Å²) >= 11 is 0. The van der Waals surface area contributed by atoms with Crippen molar-refractivity contribution in [3.05, 3.63) is 47.8 Å². The molecule has 6 nitrogen and oxygen atoms in total. The number of anilines is 2. The number of nitrogens with zero attached hydrogens (tertiary/aromatic N) is 5. The van der Waals surface area contributed by atoms with Crippen molar-refractivity contribution in [3.63, 3.8) is 0 Å². The summed E-state index contributed by atoms with van der Waals surface area (Å²) in [6, 6.07) is 9.40. The molecule has 2 heterocycles. The molecule has 1 aliphatic heterocycles.